The molecule has 0 aromatic rings. The molecule has 1 aliphatic rings. The Morgan fingerprint density at radius 2 is 2.00 bits per heavy atom. The summed E-state index contributed by atoms with van der Waals surface area (Å²) in [5, 5.41) is 3.37. The van der Waals surface area contributed by atoms with Crippen LogP contribution in [0.3, 0.4) is 0 Å². The first-order valence-corrected chi connectivity index (χ1v) is 6.72. The van der Waals surface area contributed by atoms with E-state index in [9.17, 15) is 4.79 Å². The van der Waals surface area contributed by atoms with Crippen LogP contribution in [0.1, 0.15) is 53.9 Å². The van der Waals surface area contributed by atoms with Crippen LogP contribution in [0.4, 0.5) is 0 Å². The Bertz CT molecular complexity index is 296. The molecular formula is C14H27NO3. The molecule has 1 rings (SSSR count). The molecule has 0 aromatic heterocycles. The molecule has 4 heteroatoms. The molecular weight excluding hydrogens is 230 g/mol. The lowest BCUT2D eigenvalue weighted by Gasteiger charge is -2.31. The summed E-state index contributed by atoms with van der Waals surface area (Å²) in [6.45, 7) is 10.2. The molecule has 0 aliphatic heterocycles. The van der Waals surface area contributed by atoms with Gasteiger partial charge in [0.1, 0.15) is 5.54 Å². The maximum atomic E-state index is 12.0. The van der Waals surface area contributed by atoms with E-state index in [-0.39, 0.29) is 23.7 Å². The highest BCUT2D eigenvalue weighted by molar-refractivity contribution is 5.81. The summed E-state index contributed by atoms with van der Waals surface area (Å²) in [5.41, 5.74) is -0.743. The number of methoxy groups -OCH3 is 1. The van der Waals surface area contributed by atoms with Crippen LogP contribution in [-0.4, -0.2) is 36.4 Å². The Labute approximate surface area is 110 Å². The number of ether oxygens (including phenoxy) is 2. The van der Waals surface area contributed by atoms with Crippen LogP contribution in [0.5, 0.6) is 0 Å². The molecule has 1 aliphatic carbocycles. The number of rotatable bonds is 4. The van der Waals surface area contributed by atoms with Crippen LogP contribution in [0.25, 0.3) is 0 Å². The average Bonchev–Trinajstić information content (AvgIpc) is 2.57. The molecule has 2 unspecified atom stereocenters. The maximum Gasteiger partial charge on any atom is 0.326 e. The molecule has 0 heterocycles. The predicted molar refractivity (Wildman–Crippen MR) is 71.5 cm³/mol. The monoisotopic (exact) mass is 257 g/mol. The van der Waals surface area contributed by atoms with E-state index in [0.29, 0.717) is 6.42 Å². The molecule has 106 valence electrons. The van der Waals surface area contributed by atoms with Crippen LogP contribution in [0, 0.1) is 0 Å². The van der Waals surface area contributed by atoms with Gasteiger partial charge >= 0.3 is 5.97 Å². The SMILES string of the molecule is COC(=O)C1(NC(C)C)CCC(OC(C)(C)C)C1. The Balaban J connectivity index is 2.74. The molecule has 1 fully saturated rings. The third kappa shape index (κ3) is 3.95. The molecule has 0 radical (unpaired) electrons. The summed E-state index contributed by atoms with van der Waals surface area (Å²) < 4.78 is 10.9. The highest BCUT2D eigenvalue weighted by Gasteiger charge is 2.47. The van der Waals surface area contributed by atoms with E-state index in [1.165, 1.54) is 7.11 Å². The van der Waals surface area contributed by atoms with Gasteiger partial charge in [0, 0.05) is 12.5 Å². The molecule has 0 saturated heterocycles. The van der Waals surface area contributed by atoms with Crippen molar-refractivity contribution in [1.29, 1.82) is 0 Å². The summed E-state index contributed by atoms with van der Waals surface area (Å²) in [6.07, 6.45) is 2.48. The largest absolute Gasteiger partial charge is 0.468 e. The minimum Gasteiger partial charge on any atom is -0.468 e. The van der Waals surface area contributed by atoms with Crippen molar-refractivity contribution in [3.8, 4) is 0 Å². The standard InChI is InChI=1S/C14H27NO3/c1-10(2)15-14(12(16)17-6)8-7-11(9-14)18-13(3,4)5/h10-11,15H,7-9H2,1-6H3. The summed E-state index contributed by atoms with van der Waals surface area (Å²) >= 11 is 0. The van der Waals surface area contributed by atoms with Gasteiger partial charge in [-0.1, -0.05) is 0 Å². The summed E-state index contributed by atoms with van der Waals surface area (Å²) in [4.78, 5) is 12.0. The lowest BCUT2D eigenvalue weighted by molar-refractivity contribution is -0.149. The van der Waals surface area contributed by atoms with E-state index in [4.69, 9.17) is 9.47 Å². The minimum absolute atomic E-state index is 0.121. The lowest BCUT2D eigenvalue weighted by atomic mass is 9.96. The highest BCUT2D eigenvalue weighted by Crippen LogP contribution is 2.35. The Morgan fingerprint density at radius 1 is 1.39 bits per heavy atom. The summed E-state index contributed by atoms with van der Waals surface area (Å²) in [5.74, 6) is -0.170. The van der Waals surface area contributed by atoms with Gasteiger partial charge < -0.3 is 9.47 Å². The lowest BCUT2D eigenvalue weighted by Crippen LogP contribution is -2.54. The van der Waals surface area contributed by atoms with Crippen molar-refractivity contribution in [3.63, 3.8) is 0 Å². The van der Waals surface area contributed by atoms with Gasteiger partial charge in [0.25, 0.3) is 0 Å². The third-order valence-corrected chi connectivity index (χ3v) is 3.13. The molecule has 4 nitrogen and oxygen atoms in total. The quantitative estimate of drug-likeness (QED) is 0.785. The van der Waals surface area contributed by atoms with Crippen molar-refractivity contribution in [1.82, 2.24) is 5.32 Å². The summed E-state index contributed by atoms with van der Waals surface area (Å²) in [7, 11) is 1.45. The van der Waals surface area contributed by atoms with Gasteiger partial charge in [-0.05, 0) is 47.5 Å². The second kappa shape index (κ2) is 5.57. The first-order chi connectivity index (χ1) is 8.18. The normalized spacial score (nSPS) is 28.7. The van der Waals surface area contributed by atoms with Crippen molar-refractivity contribution in [3.05, 3.63) is 0 Å². The zero-order valence-electron chi connectivity index (χ0n) is 12.5. The number of hydrogen-bond donors (Lipinski definition) is 1. The Kier molecular flexibility index (Phi) is 4.78. The van der Waals surface area contributed by atoms with Crippen LogP contribution in [0.15, 0.2) is 0 Å². The maximum absolute atomic E-state index is 12.0. The van der Waals surface area contributed by atoms with Crippen LogP contribution >= 0.6 is 0 Å². The van der Waals surface area contributed by atoms with Gasteiger partial charge in [-0.25, -0.2) is 0 Å². The van der Waals surface area contributed by atoms with Gasteiger partial charge in [-0.2, -0.15) is 0 Å². The van der Waals surface area contributed by atoms with Gasteiger partial charge in [0.05, 0.1) is 18.8 Å². The van der Waals surface area contributed by atoms with Crippen molar-refractivity contribution in [2.75, 3.05) is 7.11 Å². The molecule has 2 atom stereocenters. The minimum atomic E-state index is -0.571. The van der Waals surface area contributed by atoms with E-state index < -0.39 is 5.54 Å². The number of carbonyl (C=O) groups excluding carboxylic acids is 1. The molecule has 0 aromatic carbocycles. The van der Waals surface area contributed by atoms with Crippen LogP contribution < -0.4 is 5.32 Å². The van der Waals surface area contributed by atoms with Crippen molar-refractivity contribution >= 4 is 5.97 Å². The highest BCUT2D eigenvalue weighted by atomic mass is 16.5. The van der Waals surface area contributed by atoms with Crippen molar-refractivity contribution < 1.29 is 14.3 Å². The second-order valence-corrected chi connectivity index (χ2v) is 6.47. The third-order valence-electron chi connectivity index (χ3n) is 3.13. The number of hydrogen-bond acceptors (Lipinski definition) is 4. The first kappa shape index (κ1) is 15.4. The molecule has 0 amide bonds. The zero-order chi connectivity index (χ0) is 14.0. The number of esters is 1. The van der Waals surface area contributed by atoms with E-state index in [2.05, 4.69) is 5.32 Å². The van der Waals surface area contributed by atoms with Crippen LogP contribution in [-0.2, 0) is 14.3 Å². The first-order valence-electron chi connectivity index (χ1n) is 6.72. The van der Waals surface area contributed by atoms with E-state index in [1.54, 1.807) is 0 Å². The fourth-order valence-corrected chi connectivity index (χ4v) is 2.72. The van der Waals surface area contributed by atoms with Gasteiger partial charge in [0.15, 0.2) is 0 Å². The van der Waals surface area contributed by atoms with Crippen LogP contribution in [0.2, 0.25) is 0 Å². The molecule has 1 saturated carbocycles. The molecule has 0 bridgehead atoms. The average molecular weight is 257 g/mol. The van der Waals surface area contributed by atoms with Crippen molar-refractivity contribution in [2.24, 2.45) is 0 Å². The van der Waals surface area contributed by atoms with E-state index >= 15 is 0 Å². The van der Waals surface area contributed by atoms with Gasteiger partial charge in [0.2, 0.25) is 0 Å². The molecule has 0 spiro atoms. The fraction of sp³-hybridized carbons (Fsp3) is 0.929. The zero-order valence-corrected chi connectivity index (χ0v) is 12.5. The molecule has 18 heavy (non-hydrogen) atoms. The predicted octanol–water partition coefficient (Wildman–Crippen LogP) is 2.26. The van der Waals surface area contributed by atoms with Gasteiger partial charge in [-0.3, -0.25) is 10.1 Å². The smallest absolute Gasteiger partial charge is 0.326 e. The van der Waals surface area contributed by atoms with Crippen molar-refractivity contribution in [2.45, 2.75) is 77.2 Å². The number of carbonyl (C=O) groups is 1. The summed E-state index contributed by atoms with van der Waals surface area (Å²) in [6, 6.07) is 0.248. The topological polar surface area (TPSA) is 47.6 Å². The second-order valence-electron chi connectivity index (χ2n) is 6.47. The van der Waals surface area contributed by atoms with E-state index in [0.717, 1.165) is 12.8 Å². The Hall–Kier alpha value is -0.610. The Morgan fingerprint density at radius 3 is 2.44 bits per heavy atom. The molecule has 1 N–H and O–H groups in total. The van der Waals surface area contributed by atoms with Gasteiger partial charge in [-0.15, -0.1) is 0 Å². The van der Waals surface area contributed by atoms with E-state index in [1.807, 2.05) is 34.6 Å². The number of nitrogens with one attached hydrogen (secondary N) is 1. The fourth-order valence-electron chi connectivity index (χ4n) is 2.72.